The van der Waals surface area contributed by atoms with Crippen LogP contribution in [0.5, 0.6) is 0 Å². The first-order valence-corrected chi connectivity index (χ1v) is 24.6. The minimum Gasteiger partial charge on any atom is -0.382 e. The molecule has 4 nitrogen and oxygen atoms in total. The van der Waals surface area contributed by atoms with Crippen molar-refractivity contribution in [1.29, 1.82) is 0 Å². The molecule has 0 fully saturated rings. The Morgan fingerprint density at radius 1 is 0.358 bits per heavy atom. The van der Waals surface area contributed by atoms with Gasteiger partial charge in [-0.2, -0.15) is 5.06 Å². The molecule has 0 radical (unpaired) electrons. The van der Waals surface area contributed by atoms with Crippen LogP contribution in [0.4, 0.5) is 0 Å². The van der Waals surface area contributed by atoms with Crippen LogP contribution >= 0.6 is 0 Å². The summed E-state index contributed by atoms with van der Waals surface area (Å²) in [5.41, 5.74) is 0. The van der Waals surface area contributed by atoms with E-state index in [1.165, 1.54) is 244 Å². The summed E-state index contributed by atoms with van der Waals surface area (Å²) >= 11 is 0. The van der Waals surface area contributed by atoms with Gasteiger partial charge in [0.1, 0.15) is 0 Å². The molecular weight excluding hydrogens is 651 g/mol. The van der Waals surface area contributed by atoms with Gasteiger partial charge >= 0.3 is 0 Å². The van der Waals surface area contributed by atoms with Crippen molar-refractivity contribution in [3.8, 4) is 0 Å². The van der Waals surface area contributed by atoms with Crippen LogP contribution in [-0.4, -0.2) is 51.2 Å². The maximum atomic E-state index is 6.61. The third-order valence-electron chi connectivity index (χ3n) is 11.8. The molecule has 53 heavy (non-hydrogen) atoms. The molecule has 0 aliphatic carbocycles. The lowest BCUT2D eigenvalue weighted by molar-refractivity contribution is -0.208. The first-order chi connectivity index (χ1) is 26.2. The first kappa shape index (κ1) is 52.8. The van der Waals surface area contributed by atoms with E-state index in [2.05, 4.69) is 32.9 Å². The molecule has 0 saturated carbocycles. The standard InChI is InChI=1S/C49H101NO3/c1-6-8-10-12-14-16-18-20-22-24-26-28-30-32-34-36-38-40-42-49(53-50(4)48(3)44-45-52-47-46-51-5)43-41-39-37-35-33-31-29-27-25-23-21-19-17-15-13-11-9-7-2/h48-49H,6-47H2,1-5H3. The number of hydrogen-bond acceptors (Lipinski definition) is 4. The Bertz CT molecular complexity index is 605. The molecule has 0 rings (SSSR count). The van der Waals surface area contributed by atoms with Crippen LogP contribution in [0.2, 0.25) is 0 Å². The van der Waals surface area contributed by atoms with Crippen molar-refractivity contribution in [2.45, 2.75) is 283 Å². The molecular formula is C49H101NO3. The van der Waals surface area contributed by atoms with Gasteiger partial charge in [-0.15, -0.1) is 0 Å². The van der Waals surface area contributed by atoms with Crippen LogP contribution in [0.25, 0.3) is 0 Å². The van der Waals surface area contributed by atoms with Gasteiger partial charge in [0, 0.05) is 26.8 Å². The summed E-state index contributed by atoms with van der Waals surface area (Å²) in [4.78, 5) is 6.61. The number of hydrogen-bond donors (Lipinski definition) is 0. The lowest BCUT2D eigenvalue weighted by atomic mass is 10.0. The first-order valence-electron chi connectivity index (χ1n) is 24.6. The Hall–Kier alpha value is -0.160. The van der Waals surface area contributed by atoms with Crippen molar-refractivity contribution in [1.82, 2.24) is 5.06 Å². The van der Waals surface area contributed by atoms with E-state index in [0.717, 1.165) is 13.0 Å². The number of ether oxygens (including phenoxy) is 2. The Labute approximate surface area is 335 Å². The summed E-state index contributed by atoms with van der Waals surface area (Å²) in [6, 6.07) is 0.362. The van der Waals surface area contributed by atoms with Crippen LogP contribution in [0.1, 0.15) is 271 Å². The molecule has 0 aliphatic rings. The van der Waals surface area contributed by atoms with E-state index in [4.69, 9.17) is 14.3 Å². The highest BCUT2D eigenvalue weighted by Gasteiger charge is 2.17. The number of rotatable bonds is 47. The summed E-state index contributed by atoms with van der Waals surface area (Å²) in [6.45, 7) is 8.99. The fourth-order valence-corrected chi connectivity index (χ4v) is 7.82. The third-order valence-corrected chi connectivity index (χ3v) is 11.8. The second kappa shape index (κ2) is 46.2. The highest BCUT2D eigenvalue weighted by molar-refractivity contribution is 4.63. The molecule has 1 unspecified atom stereocenters. The zero-order chi connectivity index (χ0) is 38.6. The zero-order valence-electron chi connectivity index (χ0n) is 37.5. The third kappa shape index (κ3) is 42.8. The lowest BCUT2D eigenvalue weighted by Crippen LogP contribution is -2.34. The number of methoxy groups -OCH3 is 1. The molecule has 1 atom stereocenters. The topological polar surface area (TPSA) is 30.9 Å². The van der Waals surface area contributed by atoms with Crippen molar-refractivity contribution in [3.63, 3.8) is 0 Å². The van der Waals surface area contributed by atoms with Gasteiger partial charge in [-0.1, -0.05) is 245 Å². The fraction of sp³-hybridized carbons (Fsp3) is 1.00. The minimum absolute atomic E-state index is 0.360. The molecule has 0 amide bonds. The minimum atomic E-state index is 0.360. The average Bonchev–Trinajstić information content (AvgIpc) is 3.16. The molecule has 0 aromatic carbocycles. The van der Waals surface area contributed by atoms with E-state index in [0.29, 0.717) is 25.4 Å². The van der Waals surface area contributed by atoms with Crippen LogP contribution in [-0.2, 0) is 14.3 Å². The van der Waals surface area contributed by atoms with Crippen LogP contribution in [0, 0.1) is 0 Å². The Morgan fingerprint density at radius 2 is 0.642 bits per heavy atom. The van der Waals surface area contributed by atoms with Crippen molar-refractivity contribution in [2.24, 2.45) is 0 Å². The predicted octanol–water partition coefficient (Wildman–Crippen LogP) is 16.5. The summed E-state index contributed by atoms with van der Waals surface area (Å²) in [5.74, 6) is 0. The van der Waals surface area contributed by atoms with Crippen molar-refractivity contribution >= 4 is 0 Å². The van der Waals surface area contributed by atoms with Gasteiger partial charge in [-0.05, 0) is 26.2 Å². The molecule has 0 N–H and O–H groups in total. The second-order valence-corrected chi connectivity index (χ2v) is 17.1. The monoisotopic (exact) mass is 752 g/mol. The summed E-state index contributed by atoms with van der Waals surface area (Å²) < 4.78 is 10.8. The van der Waals surface area contributed by atoms with E-state index < -0.39 is 0 Å². The molecule has 0 aromatic heterocycles. The average molecular weight is 752 g/mol. The molecule has 0 bridgehead atoms. The molecule has 0 heterocycles. The summed E-state index contributed by atoms with van der Waals surface area (Å²) in [6.07, 6.45) is 55.4. The normalized spacial score (nSPS) is 12.5. The highest BCUT2D eigenvalue weighted by atomic mass is 16.7. The SMILES string of the molecule is CCCCCCCCCCCCCCCCCCCCC(CCCCCCCCCCCCCCCCCCCC)ON(C)C(C)CCOCCOC. The quantitative estimate of drug-likeness (QED) is 0.0458. The predicted molar refractivity (Wildman–Crippen MR) is 236 cm³/mol. The second-order valence-electron chi connectivity index (χ2n) is 17.1. The van der Waals surface area contributed by atoms with Crippen LogP contribution in [0.15, 0.2) is 0 Å². The Morgan fingerprint density at radius 3 is 0.925 bits per heavy atom. The van der Waals surface area contributed by atoms with Gasteiger partial charge < -0.3 is 9.47 Å². The lowest BCUT2D eigenvalue weighted by Gasteiger charge is -2.29. The van der Waals surface area contributed by atoms with Crippen molar-refractivity contribution in [3.05, 3.63) is 0 Å². The van der Waals surface area contributed by atoms with Crippen LogP contribution in [0.3, 0.4) is 0 Å². The maximum Gasteiger partial charge on any atom is 0.0793 e. The molecule has 0 aromatic rings. The van der Waals surface area contributed by atoms with Gasteiger partial charge in [-0.3, -0.25) is 4.84 Å². The number of unbranched alkanes of at least 4 members (excludes halogenated alkanes) is 34. The molecule has 0 spiro atoms. The van der Waals surface area contributed by atoms with E-state index in [-0.39, 0.29) is 0 Å². The van der Waals surface area contributed by atoms with Crippen molar-refractivity contribution < 1.29 is 14.3 Å². The smallest absolute Gasteiger partial charge is 0.0793 e. The van der Waals surface area contributed by atoms with Gasteiger partial charge in [-0.25, -0.2) is 0 Å². The molecule has 320 valence electrons. The van der Waals surface area contributed by atoms with Gasteiger partial charge in [0.2, 0.25) is 0 Å². The van der Waals surface area contributed by atoms with Gasteiger partial charge in [0.15, 0.2) is 0 Å². The number of hydroxylamine groups is 2. The van der Waals surface area contributed by atoms with Gasteiger partial charge in [0.05, 0.1) is 19.3 Å². The van der Waals surface area contributed by atoms with E-state index in [1.54, 1.807) is 7.11 Å². The van der Waals surface area contributed by atoms with E-state index in [9.17, 15) is 0 Å². The Kier molecular flexibility index (Phi) is 46.1. The summed E-state index contributed by atoms with van der Waals surface area (Å²) in [7, 11) is 3.87. The largest absolute Gasteiger partial charge is 0.382 e. The van der Waals surface area contributed by atoms with Crippen LogP contribution < -0.4 is 0 Å². The summed E-state index contributed by atoms with van der Waals surface area (Å²) in [5, 5.41) is 2.13. The molecule has 0 aliphatic heterocycles. The number of nitrogens with zero attached hydrogens (tertiary/aromatic N) is 1. The van der Waals surface area contributed by atoms with Crippen molar-refractivity contribution in [2.75, 3.05) is 34.0 Å². The zero-order valence-corrected chi connectivity index (χ0v) is 37.5. The van der Waals surface area contributed by atoms with E-state index in [1.807, 2.05) is 0 Å². The van der Waals surface area contributed by atoms with E-state index >= 15 is 0 Å². The fourth-order valence-electron chi connectivity index (χ4n) is 7.82. The Balaban J connectivity index is 4.00. The highest BCUT2D eigenvalue weighted by Crippen LogP contribution is 2.20. The molecule has 4 heteroatoms. The van der Waals surface area contributed by atoms with Gasteiger partial charge in [0.25, 0.3) is 0 Å². The maximum absolute atomic E-state index is 6.61. The molecule has 0 saturated heterocycles.